The summed E-state index contributed by atoms with van der Waals surface area (Å²) in [7, 11) is 4.21. The third kappa shape index (κ3) is 33.0. The zero-order chi connectivity index (χ0) is 15.5. The summed E-state index contributed by atoms with van der Waals surface area (Å²) in [6.07, 6.45) is 17.8. The van der Waals surface area contributed by atoms with Gasteiger partial charge in [0.25, 0.3) is 0 Å². The van der Waals surface area contributed by atoms with Crippen LogP contribution in [0.25, 0.3) is 0 Å². The van der Waals surface area contributed by atoms with Crippen molar-refractivity contribution in [3.05, 3.63) is 12.2 Å². The molecule has 0 unspecified atom stereocenters. The summed E-state index contributed by atoms with van der Waals surface area (Å²) in [6, 6.07) is 0. The molecule has 2 N–H and O–H groups in total. The van der Waals surface area contributed by atoms with E-state index in [1.54, 1.807) is 0 Å². The average molecular weight is 321 g/mol. The van der Waals surface area contributed by atoms with Gasteiger partial charge in [-0.15, -0.1) is 12.4 Å². The third-order valence-electron chi connectivity index (χ3n) is 3.27. The van der Waals surface area contributed by atoms with E-state index in [4.69, 9.17) is 5.73 Å². The fraction of sp³-hybridized carbons (Fsp3) is 0.889. The molecule has 0 rings (SSSR count). The van der Waals surface area contributed by atoms with Crippen molar-refractivity contribution in [2.24, 2.45) is 5.73 Å². The van der Waals surface area contributed by atoms with Gasteiger partial charge in [-0.3, -0.25) is 0 Å². The highest BCUT2D eigenvalue weighted by Gasteiger charge is 1.89. The van der Waals surface area contributed by atoms with Crippen LogP contribution in [0.1, 0.15) is 78.1 Å². The molecule has 0 bridgehead atoms. The van der Waals surface area contributed by atoms with E-state index >= 15 is 0 Å². The largest absolute Gasteiger partial charge is 0.330 e. The fourth-order valence-electron chi connectivity index (χ4n) is 1.97. The maximum absolute atomic E-state index is 5.39. The van der Waals surface area contributed by atoms with Gasteiger partial charge in [0.05, 0.1) is 0 Å². The number of rotatable bonds is 12. The molecule has 0 saturated heterocycles. The quantitative estimate of drug-likeness (QED) is 0.384. The first-order valence-corrected chi connectivity index (χ1v) is 8.64. The van der Waals surface area contributed by atoms with E-state index in [0.717, 1.165) is 6.54 Å². The lowest BCUT2D eigenvalue weighted by molar-refractivity contribution is 0.402. The van der Waals surface area contributed by atoms with Crippen molar-refractivity contribution >= 4 is 12.4 Å². The number of nitrogens with zero attached hydrogens (tertiary/aromatic N) is 1. The first-order valence-electron chi connectivity index (χ1n) is 8.64. The van der Waals surface area contributed by atoms with Crippen LogP contribution in [0, 0.1) is 0 Å². The summed E-state index contributed by atoms with van der Waals surface area (Å²) < 4.78 is 0. The van der Waals surface area contributed by atoms with Crippen molar-refractivity contribution < 1.29 is 0 Å². The van der Waals surface area contributed by atoms with E-state index in [1.807, 2.05) is 0 Å². The van der Waals surface area contributed by atoms with Gasteiger partial charge in [-0.25, -0.2) is 0 Å². The average Bonchev–Trinajstić information content (AvgIpc) is 2.43. The summed E-state index contributed by atoms with van der Waals surface area (Å²) in [5.41, 5.74) is 5.39. The van der Waals surface area contributed by atoms with Gasteiger partial charge >= 0.3 is 0 Å². The molecule has 0 aromatic carbocycles. The number of allylic oxidation sites excluding steroid dienone is 2. The van der Waals surface area contributed by atoms with Gasteiger partial charge in [-0.05, 0) is 53.4 Å². The Kier molecular flexibility index (Phi) is 30.7. The number of nitrogens with two attached hydrogens (primary N) is 1. The molecule has 0 aliphatic heterocycles. The first kappa shape index (κ1) is 25.9. The molecular formula is C18H41ClN2. The Morgan fingerprint density at radius 2 is 1.38 bits per heavy atom. The van der Waals surface area contributed by atoms with Crippen LogP contribution in [0.3, 0.4) is 0 Å². The second-order valence-electron chi connectivity index (χ2n) is 5.78. The fourth-order valence-corrected chi connectivity index (χ4v) is 1.97. The minimum absolute atomic E-state index is 0. The highest BCUT2D eigenvalue weighted by Crippen LogP contribution is 2.07. The molecule has 3 heteroatoms. The van der Waals surface area contributed by atoms with Crippen molar-refractivity contribution in [3.63, 3.8) is 0 Å². The Morgan fingerprint density at radius 3 is 1.81 bits per heavy atom. The lowest BCUT2D eigenvalue weighted by Gasteiger charge is -2.06. The molecule has 2 nitrogen and oxygen atoms in total. The van der Waals surface area contributed by atoms with Gasteiger partial charge in [0, 0.05) is 0 Å². The highest BCUT2D eigenvalue weighted by atomic mass is 35.5. The minimum atomic E-state index is 0. The first-order chi connectivity index (χ1) is 9.68. The van der Waals surface area contributed by atoms with Crippen molar-refractivity contribution in [3.8, 4) is 0 Å². The Morgan fingerprint density at radius 1 is 0.857 bits per heavy atom. The van der Waals surface area contributed by atoms with Crippen LogP contribution >= 0.6 is 12.4 Å². The molecule has 0 atom stereocenters. The lowest BCUT2D eigenvalue weighted by Crippen LogP contribution is -2.12. The van der Waals surface area contributed by atoms with Crippen molar-refractivity contribution in [2.45, 2.75) is 78.1 Å². The van der Waals surface area contributed by atoms with Crippen LogP contribution in [-0.2, 0) is 0 Å². The number of hydrogen-bond donors (Lipinski definition) is 1. The molecule has 0 saturated carbocycles. The van der Waals surface area contributed by atoms with Gasteiger partial charge < -0.3 is 10.6 Å². The second-order valence-corrected chi connectivity index (χ2v) is 5.78. The Balaban J connectivity index is -0.000000300. The normalized spacial score (nSPS) is 10.4. The van der Waals surface area contributed by atoms with Crippen molar-refractivity contribution in [1.82, 2.24) is 4.90 Å². The van der Waals surface area contributed by atoms with Gasteiger partial charge in [-0.2, -0.15) is 0 Å². The molecular weight excluding hydrogens is 280 g/mol. The van der Waals surface area contributed by atoms with Gasteiger partial charge in [0.15, 0.2) is 0 Å². The van der Waals surface area contributed by atoms with Crippen LogP contribution in [-0.4, -0.2) is 32.1 Å². The number of unbranched alkanes of at least 4 members (excludes halogenated alkanes) is 8. The maximum Gasteiger partial charge on any atom is -0.00219 e. The zero-order valence-corrected chi connectivity index (χ0v) is 15.9. The molecule has 0 aromatic rings. The molecule has 0 aliphatic rings. The Bertz CT molecular complexity index is 174. The van der Waals surface area contributed by atoms with Crippen molar-refractivity contribution in [1.29, 1.82) is 0 Å². The summed E-state index contributed by atoms with van der Waals surface area (Å²) in [4.78, 5) is 2.21. The Labute approximate surface area is 141 Å². The topological polar surface area (TPSA) is 29.3 Å². The predicted octanol–water partition coefficient (Wildman–Crippen LogP) is 5.41. The molecule has 0 amide bonds. The minimum Gasteiger partial charge on any atom is -0.330 e. The molecule has 0 heterocycles. The summed E-state index contributed by atoms with van der Waals surface area (Å²) in [5.74, 6) is 0. The zero-order valence-electron chi connectivity index (χ0n) is 15.1. The number of hydrogen-bond acceptors (Lipinski definition) is 2. The SMILES string of the molecule is CC=CCCCN(C)C.CCCCCCCCCCN.Cl. The number of halogens is 1. The van der Waals surface area contributed by atoms with Crippen LogP contribution in [0.15, 0.2) is 12.2 Å². The van der Waals surface area contributed by atoms with Gasteiger partial charge in [-0.1, -0.05) is 64.0 Å². The molecule has 130 valence electrons. The lowest BCUT2D eigenvalue weighted by atomic mass is 10.1. The van der Waals surface area contributed by atoms with E-state index in [1.165, 1.54) is 70.8 Å². The maximum atomic E-state index is 5.39. The van der Waals surface area contributed by atoms with E-state index in [0.29, 0.717) is 0 Å². The van der Waals surface area contributed by atoms with Gasteiger partial charge in [0.1, 0.15) is 0 Å². The third-order valence-corrected chi connectivity index (χ3v) is 3.27. The molecule has 21 heavy (non-hydrogen) atoms. The molecule has 0 spiro atoms. The molecule has 0 aliphatic carbocycles. The van der Waals surface area contributed by atoms with E-state index in [-0.39, 0.29) is 12.4 Å². The molecule has 0 radical (unpaired) electrons. The van der Waals surface area contributed by atoms with Crippen LogP contribution in [0.5, 0.6) is 0 Å². The summed E-state index contributed by atoms with van der Waals surface area (Å²) >= 11 is 0. The van der Waals surface area contributed by atoms with Gasteiger partial charge in [0.2, 0.25) is 0 Å². The van der Waals surface area contributed by atoms with E-state index in [9.17, 15) is 0 Å². The smallest absolute Gasteiger partial charge is 0.00219 e. The van der Waals surface area contributed by atoms with Crippen molar-refractivity contribution in [2.75, 3.05) is 27.2 Å². The van der Waals surface area contributed by atoms with Crippen LogP contribution in [0.4, 0.5) is 0 Å². The second kappa shape index (κ2) is 24.9. The summed E-state index contributed by atoms with van der Waals surface area (Å²) in [6.45, 7) is 6.39. The monoisotopic (exact) mass is 320 g/mol. The Hall–Kier alpha value is -0.0500. The summed E-state index contributed by atoms with van der Waals surface area (Å²) in [5, 5.41) is 0. The molecule has 0 aromatic heterocycles. The standard InChI is InChI=1S/C10H23N.C8H17N.ClH/c1-2-3-4-5-6-7-8-9-10-11;1-4-5-6-7-8-9(2)3;/h2-11H2,1H3;4-5H,6-8H2,1-3H3;1H. The molecule has 0 fully saturated rings. The van der Waals surface area contributed by atoms with Crippen LogP contribution < -0.4 is 5.73 Å². The van der Waals surface area contributed by atoms with Crippen LogP contribution in [0.2, 0.25) is 0 Å². The van der Waals surface area contributed by atoms with E-state index in [2.05, 4.69) is 45.0 Å². The predicted molar refractivity (Wildman–Crippen MR) is 102 cm³/mol. The van der Waals surface area contributed by atoms with E-state index < -0.39 is 0 Å². The highest BCUT2D eigenvalue weighted by molar-refractivity contribution is 5.85.